The molecule has 72 heavy (non-hydrogen) atoms. The van der Waals surface area contributed by atoms with Gasteiger partial charge in [0.15, 0.2) is 11.6 Å². The van der Waals surface area contributed by atoms with Gasteiger partial charge < -0.3 is 10.6 Å². The Balaban J connectivity index is 1.02. The van der Waals surface area contributed by atoms with Crippen LogP contribution in [0.2, 0.25) is 0 Å². The number of hydrogen-bond acceptors (Lipinski definition) is 14. The average Bonchev–Trinajstić information content (AvgIpc) is 3.39. The van der Waals surface area contributed by atoms with Crippen LogP contribution in [0.3, 0.4) is 0 Å². The lowest BCUT2D eigenvalue weighted by Crippen LogP contribution is -2.26. The smallest absolute Gasteiger partial charge is 0.295 e. The molecular formula is C54H42N10O6S2. The van der Waals surface area contributed by atoms with Gasteiger partial charge in [-0.3, -0.25) is 20.0 Å². The van der Waals surface area contributed by atoms with E-state index >= 15 is 0 Å². The molecule has 0 amide bonds. The van der Waals surface area contributed by atoms with Crippen molar-refractivity contribution in [1.29, 1.82) is 0 Å². The third kappa shape index (κ3) is 10.8. The van der Waals surface area contributed by atoms with Gasteiger partial charge in [-0.05, 0) is 105 Å². The van der Waals surface area contributed by atoms with E-state index in [1.807, 2.05) is 146 Å². The fraction of sp³-hybridized carbons (Fsp3) is 0. The van der Waals surface area contributed by atoms with E-state index in [4.69, 9.17) is 0 Å². The second-order valence-electron chi connectivity index (χ2n) is 16.3. The van der Waals surface area contributed by atoms with Crippen LogP contribution in [0.15, 0.2) is 217 Å². The summed E-state index contributed by atoms with van der Waals surface area (Å²) in [5.74, 6) is 1.52. The molecule has 0 bridgehead atoms. The van der Waals surface area contributed by atoms with Crippen LogP contribution in [0.25, 0.3) is 33.7 Å². The third-order valence-corrected chi connectivity index (χ3v) is 13.2. The van der Waals surface area contributed by atoms with Gasteiger partial charge >= 0.3 is 0 Å². The van der Waals surface area contributed by atoms with Crippen molar-refractivity contribution >= 4 is 111 Å². The number of hydrogen-bond donors (Lipinski definition) is 6. The summed E-state index contributed by atoms with van der Waals surface area (Å²) in [7, 11) is -9.86. The van der Waals surface area contributed by atoms with Crippen LogP contribution in [0.5, 0.6) is 0 Å². The predicted molar refractivity (Wildman–Crippen MR) is 284 cm³/mol. The molecule has 0 atom stereocenters. The molecule has 356 valence electrons. The Hall–Kier alpha value is -9.20. The molecular weight excluding hydrogens is 949 g/mol. The molecule has 6 N–H and O–H groups in total. The summed E-state index contributed by atoms with van der Waals surface area (Å²) in [5, 5.41) is 13.5. The van der Waals surface area contributed by atoms with Gasteiger partial charge in [-0.2, -0.15) is 16.8 Å². The van der Waals surface area contributed by atoms with Gasteiger partial charge in [0.25, 0.3) is 20.2 Å². The Bertz CT molecular complexity index is 3620. The number of nitrogens with one attached hydrogen (secondary N) is 4. The van der Waals surface area contributed by atoms with E-state index in [0.717, 1.165) is 32.9 Å². The van der Waals surface area contributed by atoms with E-state index < -0.39 is 30.0 Å². The van der Waals surface area contributed by atoms with Crippen LogP contribution < -0.4 is 31.5 Å². The molecule has 0 radical (unpaired) electrons. The first-order valence-electron chi connectivity index (χ1n) is 22.2. The van der Waals surface area contributed by atoms with Gasteiger partial charge in [0.1, 0.15) is 34.1 Å². The van der Waals surface area contributed by atoms with Crippen LogP contribution in [0.1, 0.15) is 11.1 Å². The van der Waals surface area contributed by atoms with Crippen molar-refractivity contribution in [2.24, 2.45) is 0 Å². The van der Waals surface area contributed by atoms with Crippen molar-refractivity contribution in [3.05, 3.63) is 218 Å². The van der Waals surface area contributed by atoms with Gasteiger partial charge in [0, 0.05) is 23.5 Å². The van der Waals surface area contributed by atoms with Crippen molar-refractivity contribution < 1.29 is 25.9 Å². The molecule has 0 saturated heterocycles. The normalized spacial score (nSPS) is 11.6. The van der Waals surface area contributed by atoms with Gasteiger partial charge in [-0.25, -0.2) is 30.0 Å². The number of anilines is 10. The molecule has 0 fully saturated rings. The highest BCUT2D eigenvalue weighted by Crippen LogP contribution is 2.35. The lowest BCUT2D eigenvalue weighted by molar-refractivity contribution is 0.480. The number of rotatable bonds is 16. The minimum atomic E-state index is -4.93. The number of aromatic nitrogens is 4. The van der Waals surface area contributed by atoms with Crippen LogP contribution in [-0.4, -0.2) is 45.9 Å². The zero-order valence-electron chi connectivity index (χ0n) is 37.8. The van der Waals surface area contributed by atoms with Crippen LogP contribution in [0.4, 0.5) is 57.4 Å². The Morgan fingerprint density at radius 3 is 1.18 bits per heavy atom. The molecule has 0 spiro atoms. The van der Waals surface area contributed by atoms with Gasteiger partial charge in [0.2, 0.25) is 0 Å². The molecule has 2 heterocycles. The maximum atomic E-state index is 13.3. The topological polar surface area (TPSA) is 215 Å². The zero-order valence-corrected chi connectivity index (χ0v) is 39.4. The monoisotopic (exact) mass is 990 g/mol. The predicted octanol–water partition coefficient (Wildman–Crippen LogP) is 12.1. The summed E-state index contributed by atoms with van der Waals surface area (Å²) < 4.78 is 74.5. The molecule has 2 aromatic heterocycles. The number of nitrogens with zero attached hydrogens (tertiary/aromatic N) is 6. The molecule has 10 aromatic rings. The standard InChI is InChI=1S/C54H42N10O6S2/c65-71(66,67)49-31-47(63(61-45-25-21-37-11-7-9-13-41(37)29-45)53-33-51(55-35-57-53)59-43-15-3-1-4-16-43)27-23-39(49)19-20-40-24-28-48(32-50(40)72(68,69)70)64(62-46-26-22-38-12-8-10-14-42(38)30-46)54-34-52(56-36-58-54)60-44-17-5-2-6-18-44/h1-36,61-62H,(H,55,57,59)(H,56,58,60)(H,65,66,67)(H,68,69,70)/b20-19+. The van der Waals surface area contributed by atoms with E-state index in [1.165, 1.54) is 49.1 Å². The Kier molecular flexibility index (Phi) is 12.9. The van der Waals surface area contributed by atoms with Crippen LogP contribution in [-0.2, 0) is 20.2 Å². The summed E-state index contributed by atoms with van der Waals surface area (Å²) in [6.45, 7) is 0. The minimum Gasteiger partial charge on any atom is -0.340 e. The second-order valence-corrected chi connectivity index (χ2v) is 19.0. The Morgan fingerprint density at radius 2 is 0.778 bits per heavy atom. The molecule has 16 nitrogen and oxygen atoms in total. The summed E-state index contributed by atoms with van der Waals surface area (Å²) in [6.07, 6.45) is 5.39. The molecule has 0 aliphatic rings. The van der Waals surface area contributed by atoms with Crippen molar-refractivity contribution in [2.75, 3.05) is 31.5 Å². The quantitative estimate of drug-likeness (QED) is 0.0302. The first-order valence-corrected chi connectivity index (χ1v) is 25.1. The fourth-order valence-electron chi connectivity index (χ4n) is 7.92. The zero-order chi connectivity index (χ0) is 49.7. The Morgan fingerprint density at radius 1 is 0.389 bits per heavy atom. The average molecular weight is 991 g/mol. The lowest BCUT2D eigenvalue weighted by atomic mass is 10.1. The largest absolute Gasteiger partial charge is 0.340 e. The third-order valence-electron chi connectivity index (χ3n) is 11.3. The molecule has 0 unspecified atom stereocenters. The molecule has 0 aliphatic carbocycles. The SMILES string of the molecule is O=S(=O)(O)c1cc(N(Nc2ccc3ccccc3c2)c2cc(Nc3ccccc3)ncn2)ccc1/C=C/c1ccc(N(Nc2ccc3ccccc3c2)c2cc(Nc3ccccc3)ncn2)cc1S(=O)(=O)O. The van der Waals surface area contributed by atoms with Gasteiger partial charge in [-0.15, -0.1) is 0 Å². The van der Waals surface area contributed by atoms with E-state index in [9.17, 15) is 25.9 Å². The molecule has 18 heteroatoms. The van der Waals surface area contributed by atoms with Crippen LogP contribution >= 0.6 is 0 Å². The fourth-order valence-corrected chi connectivity index (χ4v) is 9.33. The van der Waals surface area contributed by atoms with E-state index in [-0.39, 0.29) is 22.5 Å². The minimum absolute atomic E-state index is 0.00502. The van der Waals surface area contributed by atoms with E-state index in [0.29, 0.717) is 34.6 Å². The maximum Gasteiger partial charge on any atom is 0.295 e. The second kappa shape index (κ2) is 20.0. The highest BCUT2D eigenvalue weighted by Gasteiger charge is 2.23. The van der Waals surface area contributed by atoms with Crippen LogP contribution in [0, 0.1) is 0 Å². The first kappa shape index (κ1) is 46.5. The van der Waals surface area contributed by atoms with E-state index in [2.05, 4.69) is 41.4 Å². The molecule has 8 aromatic carbocycles. The van der Waals surface area contributed by atoms with E-state index in [1.54, 1.807) is 34.3 Å². The number of hydrazine groups is 2. The summed E-state index contributed by atoms with van der Waals surface area (Å²) >= 11 is 0. The van der Waals surface area contributed by atoms with Crippen molar-refractivity contribution in [1.82, 2.24) is 19.9 Å². The van der Waals surface area contributed by atoms with Crippen molar-refractivity contribution in [3.8, 4) is 0 Å². The molecule has 10 rings (SSSR count). The number of fused-ring (bicyclic) bond motifs is 2. The lowest BCUT2D eigenvalue weighted by Gasteiger charge is -2.27. The molecule has 0 saturated carbocycles. The summed E-state index contributed by atoms with van der Waals surface area (Å²) in [4.78, 5) is 16.8. The highest BCUT2D eigenvalue weighted by atomic mass is 32.2. The highest BCUT2D eigenvalue weighted by molar-refractivity contribution is 7.86. The summed E-state index contributed by atoms with van der Waals surface area (Å²) in [5.41, 5.74) is 10.0. The molecule has 0 aliphatic heterocycles. The van der Waals surface area contributed by atoms with Crippen molar-refractivity contribution in [3.63, 3.8) is 0 Å². The number of benzene rings is 8. The van der Waals surface area contributed by atoms with Gasteiger partial charge in [0.05, 0.1) is 22.7 Å². The maximum absolute atomic E-state index is 13.3. The van der Waals surface area contributed by atoms with Crippen molar-refractivity contribution in [2.45, 2.75) is 9.79 Å². The van der Waals surface area contributed by atoms with Gasteiger partial charge in [-0.1, -0.05) is 121 Å². The number of para-hydroxylation sites is 2. The summed E-state index contributed by atoms with van der Waals surface area (Å²) in [6, 6.07) is 58.0. The first-order chi connectivity index (χ1) is 34.9. The Labute approximate surface area is 414 Å².